The summed E-state index contributed by atoms with van der Waals surface area (Å²) in [5.41, 5.74) is 1.06. The lowest BCUT2D eigenvalue weighted by Crippen LogP contribution is -2.39. The molecule has 3 heteroatoms. The third-order valence-electron chi connectivity index (χ3n) is 3.70. The van der Waals surface area contributed by atoms with Crippen LogP contribution in [0.15, 0.2) is 36.4 Å². The van der Waals surface area contributed by atoms with E-state index >= 15 is 0 Å². The molecule has 0 aliphatic heterocycles. The third-order valence-corrected chi connectivity index (χ3v) is 3.70. The maximum atomic E-state index is 9.11. The Kier molecular flexibility index (Phi) is 4.63. The molecule has 0 radical (unpaired) electrons. The highest BCUT2D eigenvalue weighted by atomic mass is 16.5. The first-order valence-electron chi connectivity index (χ1n) is 6.98. The molecule has 3 nitrogen and oxygen atoms in total. The molecule has 0 atom stereocenters. The number of hydrogen-bond acceptors (Lipinski definition) is 3. The van der Waals surface area contributed by atoms with Crippen LogP contribution in [0.4, 0.5) is 0 Å². The predicted octanol–water partition coefficient (Wildman–Crippen LogP) is 3.10. The first-order chi connectivity index (χ1) is 9.57. The Balaban J connectivity index is 2.32. The van der Waals surface area contributed by atoms with E-state index < -0.39 is 0 Å². The van der Waals surface area contributed by atoms with E-state index in [0.717, 1.165) is 24.3 Å². The van der Waals surface area contributed by atoms with Crippen molar-refractivity contribution >= 4 is 10.8 Å². The SMILES string of the molecule is COc1ccc2ccccc2c1CNC(C)(C)CCO. The van der Waals surface area contributed by atoms with Gasteiger partial charge in [-0.25, -0.2) is 0 Å². The van der Waals surface area contributed by atoms with E-state index in [9.17, 15) is 0 Å². The number of aliphatic hydroxyl groups is 1. The number of fused-ring (bicyclic) bond motifs is 1. The maximum Gasteiger partial charge on any atom is 0.123 e. The summed E-state index contributed by atoms with van der Waals surface area (Å²) in [7, 11) is 1.70. The average Bonchev–Trinajstić information content (AvgIpc) is 2.44. The predicted molar refractivity (Wildman–Crippen MR) is 83.1 cm³/mol. The second-order valence-electron chi connectivity index (χ2n) is 5.68. The Bertz CT molecular complexity index is 578. The van der Waals surface area contributed by atoms with E-state index in [0.29, 0.717) is 0 Å². The number of benzene rings is 2. The molecular weight excluding hydrogens is 250 g/mol. The highest BCUT2D eigenvalue weighted by Crippen LogP contribution is 2.28. The van der Waals surface area contributed by atoms with Crippen LogP contribution >= 0.6 is 0 Å². The molecule has 0 aliphatic rings. The molecule has 2 aromatic carbocycles. The number of rotatable bonds is 6. The number of aliphatic hydroxyl groups excluding tert-OH is 1. The first kappa shape index (κ1) is 14.8. The minimum atomic E-state index is -0.100. The fraction of sp³-hybridized carbons (Fsp3) is 0.412. The third kappa shape index (κ3) is 3.30. The molecule has 0 aliphatic carbocycles. The van der Waals surface area contributed by atoms with Crippen LogP contribution in [-0.2, 0) is 6.54 Å². The summed E-state index contributed by atoms with van der Waals surface area (Å²) >= 11 is 0. The van der Waals surface area contributed by atoms with E-state index in [1.165, 1.54) is 10.8 Å². The number of nitrogens with one attached hydrogen (secondary N) is 1. The standard InChI is InChI=1S/C17H23NO2/c1-17(2,10-11-19)18-12-15-14-7-5-4-6-13(14)8-9-16(15)20-3/h4-9,18-19H,10-12H2,1-3H3. The van der Waals surface area contributed by atoms with Crippen molar-refractivity contribution in [1.82, 2.24) is 5.32 Å². The summed E-state index contributed by atoms with van der Waals surface area (Å²) in [6.07, 6.45) is 0.722. The Morgan fingerprint density at radius 2 is 1.90 bits per heavy atom. The monoisotopic (exact) mass is 273 g/mol. The Morgan fingerprint density at radius 1 is 1.15 bits per heavy atom. The van der Waals surface area contributed by atoms with Crippen molar-refractivity contribution in [2.45, 2.75) is 32.4 Å². The van der Waals surface area contributed by atoms with Gasteiger partial charge in [0.15, 0.2) is 0 Å². The summed E-state index contributed by atoms with van der Waals surface area (Å²) in [4.78, 5) is 0. The van der Waals surface area contributed by atoms with Gasteiger partial charge in [-0.15, -0.1) is 0 Å². The van der Waals surface area contributed by atoms with Gasteiger partial charge in [-0.3, -0.25) is 0 Å². The largest absolute Gasteiger partial charge is 0.496 e. The lowest BCUT2D eigenvalue weighted by Gasteiger charge is -2.26. The smallest absolute Gasteiger partial charge is 0.123 e. The molecular formula is C17H23NO2. The molecule has 0 heterocycles. The molecule has 108 valence electrons. The fourth-order valence-corrected chi connectivity index (χ4v) is 2.39. The highest BCUT2D eigenvalue weighted by molar-refractivity contribution is 5.87. The van der Waals surface area contributed by atoms with Crippen LogP contribution in [0.3, 0.4) is 0 Å². The zero-order chi connectivity index (χ0) is 14.6. The maximum absolute atomic E-state index is 9.11. The van der Waals surface area contributed by atoms with Crippen LogP contribution in [0.1, 0.15) is 25.8 Å². The summed E-state index contributed by atoms with van der Waals surface area (Å²) in [6.45, 7) is 5.10. The van der Waals surface area contributed by atoms with E-state index in [4.69, 9.17) is 9.84 Å². The van der Waals surface area contributed by atoms with Crippen molar-refractivity contribution in [1.29, 1.82) is 0 Å². The van der Waals surface area contributed by atoms with Crippen molar-refractivity contribution < 1.29 is 9.84 Å². The minimum Gasteiger partial charge on any atom is -0.496 e. The van der Waals surface area contributed by atoms with Crippen LogP contribution in [0.2, 0.25) is 0 Å². The van der Waals surface area contributed by atoms with E-state index in [1.807, 2.05) is 18.2 Å². The normalized spacial score (nSPS) is 11.8. The summed E-state index contributed by atoms with van der Waals surface area (Å²) < 4.78 is 5.49. The van der Waals surface area contributed by atoms with Gasteiger partial charge in [-0.1, -0.05) is 30.3 Å². The van der Waals surface area contributed by atoms with Crippen molar-refractivity contribution in [2.24, 2.45) is 0 Å². The molecule has 0 fully saturated rings. The van der Waals surface area contributed by atoms with Gasteiger partial charge in [0.2, 0.25) is 0 Å². The quantitative estimate of drug-likeness (QED) is 0.850. The first-order valence-corrected chi connectivity index (χ1v) is 6.98. The van der Waals surface area contributed by atoms with Gasteiger partial charge in [0, 0.05) is 24.3 Å². The van der Waals surface area contributed by atoms with Gasteiger partial charge in [-0.05, 0) is 37.1 Å². The lowest BCUT2D eigenvalue weighted by atomic mass is 9.99. The zero-order valence-corrected chi connectivity index (χ0v) is 12.4. The number of methoxy groups -OCH3 is 1. The fourth-order valence-electron chi connectivity index (χ4n) is 2.39. The Labute approximate surface area is 120 Å². The average molecular weight is 273 g/mol. The second kappa shape index (κ2) is 6.25. The molecule has 2 rings (SSSR count). The van der Waals surface area contributed by atoms with Crippen LogP contribution in [0.25, 0.3) is 10.8 Å². The summed E-state index contributed by atoms with van der Waals surface area (Å²) in [6, 6.07) is 12.4. The van der Waals surface area contributed by atoms with Crippen molar-refractivity contribution in [3.05, 3.63) is 42.0 Å². The van der Waals surface area contributed by atoms with Crippen LogP contribution in [-0.4, -0.2) is 24.4 Å². The van der Waals surface area contributed by atoms with Crippen molar-refractivity contribution in [2.75, 3.05) is 13.7 Å². The summed E-state index contributed by atoms with van der Waals surface area (Å²) in [5.74, 6) is 0.899. The second-order valence-corrected chi connectivity index (χ2v) is 5.68. The van der Waals surface area contributed by atoms with Crippen LogP contribution in [0, 0.1) is 0 Å². The lowest BCUT2D eigenvalue weighted by molar-refractivity contribution is 0.230. The van der Waals surface area contributed by atoms with Crippen molar-refractivity contribution in [3.63, 3.8) is 0 Å². The molecule has 0 saturated heterocycles. The van der Waals surface area contributed by atoms with Gasteiger partial charge >= 0.3 is 0 Å². The molecule has 0 amide bonds. The van der Waals surface area contributed by atoms with Crippen LogP contribution < -0.4 is 10.1 Å². The minimum absolute atomic E-state index is 0.100. The molecule has 0 aromatic heterocycles. The molecule has 2 aromatic rings. The Hall–Kier alpha value is -1.58. The summed E-state index contributed by atoms with van der Waals surface area (Å²) in [5, 5.41) is 15.0. The van der Waals surface area contributed by atoms with E-state index in [2.05, 4.69) is 37.4 Å². The number of hydrogen-bond donors (Lipinski definition) is 2. The Morgan fingerprint density at radius 3 is 2.60 bits per heavy atom. The molecule has 0 bridgehead atoms. The molecule has 20 heavy (non-hydrogen) atoms. The van der Waals surface area contributed by atoms with Crippen molar-refractivity contribution in [3.8, 4) is 5.75 Å². The molecule has 0 saturated carbocycles. The van der Waals surface area contributed by atoms with Gasteiger partial charge in [0.1, 0.15) is 5.75 Å². The van der Waals surface area contributed by atoms with E-state index in [1.54, 1.807) is 7.11 Å². The number of ether oxygens (including phenoxy) is 1. The molecule has 0 spiro atoms. The highest BCUT2D eigenvalue weighted by Gasteiger charge is 2.17. The van der Waals surface area contributed by atoms with Gasteiger partial charge in [0.05, 0.1) is 7.11 Å². The van der Waals surface area contributed by atoms with Gasteiger partial charge in [-0.2, -0.15) is 0 Å². The van der Waals surface area contributed by atoms with E-state index in [-0.39, 0.29) is 12.1 Å². The molecule has 2 N–H and O–H groups in total. The van der Waals surface area contributed by atoms with Crippen LogP contribution in [0.5, 0.6) is 5.75 Å². The van der Waals surface area contributed by atoms with Gasteiger partial charge < -0.3 is 15.2 Å². The zero-order valence-electron chi connectivity index (χ0n) is 12.4. The topological polar surface area (TPSA) is 41.5 Å². The van der Waals surface area contributed by atoms with Gasteiger partial charge in [0.25, 0.3) is 0 Å². The molecule has 0 unspecified atom stereocenters.